The van der Waals surface area contributed by atoms with Crippen molar-refractivity contribution in [3.05, 3.63) is 39.1 Å². The molecule has 0 unspecified atom stereocenters. The highest BCUT2D eigenvalue weighted by molar-refractivity contribution is 7.15. The average Bonchev–Trinajstić information content (AvgIpc) is 2.85. The first kappa shape index (κ1) is 13.1. The number of nitrogens with one attached hydrogen (secondary N) is 1. The number of hydrogen-bond acceptors (Lipinski definition) is 8. The summed E-state index contributed by atoms with van der Waals surface area (Å²) in [5, 5.41) is 19.0. The highest BCUT2D eigenvalue weighted by atomic mass is 32.1. The molecule has 0 atom stereocenters. The minimum absolute atomic E-state index is 0.0220. The van der Waals surface area contributed by atoms with E-state index < -0.39 is 16.4 Å². The van der Waals surface area contributed by atoms with Crippen LogP contribution in [0.3, 0.4) is 0 Å². The number of anilines is 1. The highest BCUT2D eigenvalue weighted by Gasteiger charge is 2.17. The lowest BCUT2D eigenvalue weighted by molar-refractivity contribution is -0.386. The van der Waals surface area contributed by atoms with Gasteiger partial charge in [-0.3, -0.25) is 15.5 Å². The van der Waals surface area contributed by atoms with Crippen LogP contribution in [0.2, 0.25) is 0 Å². The first-order chi connectivity index (χ1) is 9.10. The summed E-state index contributed by atoms with van der Waals surface area (Å²) in [6.45, 7) is -0.0220. The molecule has 0 saturated heterocycles. The van der Waals surface area contributed by atoms with E-state index in [9.17, 15) is 14.5 Å². The highest BCUT2D eigenvalue weighted by Crippen LogP contribution is 2.28. The van der Waals surface area contributed by atoms with Crippen LogP contribution in [0.4, 0.5) is 15.2 Å². The zero-order valence-electron chi connectivity index (χ0n) is 9.37. The van der Waals surface area contributed by atoms with Gasteiger partial charge in [-0.2, -0.15) is 0 Å². The predicted molar refractivity (Wildman–Crippen MR) is 65.1 cm³/mol. The third-order valence-electron chi connectivity index (χ3n) is 2.06. The number of hydrazine groups is 1. The fraction of sp³-hybridized carbons (Fsp3) is 0.111. The molecule has 0 aliphatic rings. The molecular formula is C9H8FN5O3S. The van der Waals surface area contributed by atoms with Crippen molar-refractivity contribution in [2.24, 2.45) is 5.84 Å². The number of nitrogens with two attached hydrogens (primary N) is 1. The third-order valence-corrected chi connectivity index (χ3v) is 2.89. The van der Waals surface area contributed by atoms with Crippen LogP contribution in [0.5, 0.6) is 5.75 Å². The molecule has 100 valence electrons. The SMILES string of the molecule is NNc1nnc(COc2ccc(F)cc2[N+](=O)[O-])s1. The number of nitrogens with zero attached hydrogens (tertiary/aromatic N) is 3. The minimum atomic E-state index is -0.717. The van der Waals surface area contributed by atoms with E-state index in [0.29, 0.717) is 10.1 Å². The van der Waals surface area contributed by atoms with Gasteiger partial charge in [0, 0.05) is 0 Å². The van der Waals surface area contributed by atoms with Crippen molar-refractivity contribution in [2.75, 3.05) is 5.43 Å². The van der Waals surface area contributed by atoms with Crippen LogP contribution in [0.1, 0.15) is 5.01 Å². The van der Waals surface area contributed by atoms with Gasteiger partial charge in [-0.15, -0.1) is 10.2 Å². The number of hydrogen-bond donors (Lipinski definition) is 2. The molecule has 0 saturated carbocycles. The smallest absolute Gasteiger partial charge is 0.313 e. The molecule has 0 fully saturated rings. The Kier molecular flexibility index (Phi) is 3.82. The van der Waals surface area contributed by atoms with E-state index in [1.165, 1.54) is 6.07 Å². The maximum Gasteiger partial charge on any atom is 0.313 e. The van der Waals surface area contributed by atoms with Gasteiger partial charge in [-0.05, 0) is 12.1 Å². The quantitative estimate of drug-likeness (QED) is 0.485. The standard InChI is InChI=1S/C9H8FN5O3S/c10-5-1-2-7(6(3-5)15(16)17)18-4-8-13-14-9(12-11)19-8/h1-3H,4,11H2,(H,12,14). The van der Waals surface area contributed by atoms with E-state index in [2.05, 4.69) is 15.6 Å². The number of ether oxygens (including phenoxy) is 1. The molecule has 10 heteroatoms. The van der Waals surface area contributed by atoms with E-state index in [0.717, 1.165) is 23.5 Å². The molecule has 8 nitrogen and oxygen atoms in total. The molecule has 0 bridgehead atoms. The zero-order chi connectivity index (χ0) is 13.8. The molecule has 3 N–H and O–H groups in total. The molecule has 19 heavy (non-hydrogen) atoms. The second-order valence-electron chi connectivity index (χ2n) is 3.30. The molecule has 0 radical (unpaired) electrons. The Morgan fingerprint density at radius 1 is 1.53 bits per heavy atom. The lowest BCUT2D eigenvalue weighted by Gasteiger charge is -2.04. The Bertz CT molecular complexity index is 605. The summed E-state index contributed by atoms with van der Waals surface area (Å²) in [5.41, 5.74) is 1.87. The van der Waals surface area contributed by atoms with Gasteiger partial charge < -0.3 is 4.74 Å². The van der Waals surface area contributed by atoms with Gasteiger partial charge >= 0.3 is 5.69 Å². The van der Waals surface area contributed by atoms with Crippen molar-refractivity contribution in [3.63, 3.8) is 0 Å². The van der Waals surface area contributed by atoms with Crippen molar-refractivity contribution >= 4 is 22.2 Å². The number of nitro benzene ring substituents is 1. The number of nitro groups is 1. The van der Waals surface area contributed by atoms with Crippen LogP contribution in [-0.2, 0) is 6.61 Å². The summed E-state index contributed by atoms with van der Waals surface area (Å²) in [4.78, 5) is 10.0. The zero-order valence-corrected chi connectivity index (χ0v) is 10.2. The van der Waals surface area contributed by atoms with Crippen LogP contribution in [0.15, 0.2) is 18.2 Å². The number of aromatic nitrogens is 2. The molecule has 0 amide bonds. The first-order valence-electron chi connectivity index (χ1n) is 4.96. The minimum Gasteiger partial charge on any atom is -0.479 e. The normalized spacial score (nSPS) is 10.2. The van der Waals surface area contributed by atoms with Gasteiger partial charge in [0.1, 0.15) is 12.4 Å². The van der Waals surface area contributed by atoms with Crippen molar-refractivity contribution in [1.29, 1.82) is 0 Å². The van der Waals surface area contributed by atoms with Gasteiger partial charge in [0.25, 0.3) is 0 Å². The summed E-state index contributed by atoms with van der Waals surface area (Å²) in [6, 6.07) is 3.06. The predicted octanol–water partition coefficient (Wildman–Crippen LogP) is 1.45. The third kappa shape index (κ3) is 3.11. The Hall–Kier alpha value is -2.33. The second kappa shape index (κ2) is 5.54. The van der Waals surface area contributed by atoms with E-state index >= 15 is 0 Å². The number of halogens is 1. The average molecular weight is 285 g/mol. The Morgan fingerprint density at radius 2 is 2.32 bits per heavy atom. The molecule has 2 rings (SSSR count). The molecule has 1 heterocycles. The van der Waals surface area contributed by atoms with Crippen molar-refractivity contribution in [3.8, 4) is 5.75 Å². The van der Waals surface area contributed by atoms with Crippen LogP contribution in [-0.4, -0.2) is 15.1 Å². The van der Waals surface area contributed by atoms with Crippen LogP contribution in [0.25, 0.3) is 0 Å². The van der Waals surface area contributed by atoms with Gasteiger partial charge in [0.15, 0.2) is 10.8 Å². The van der Waals surface area contributed by atoms with Crippen molar-refractivity contribution < 1.29 is 14.1 Å². The lowest BCUT2D eigenvalue weighted by Crippen LogP contribution is -2.05. The fourth-order valence-corrected chi connectivity index (χ4v) is 1.83. The maximum atomic E-state index is 12.9. The van der Waals surface area contributed by atoms with E-state index in [1.54, 1.807) is 0 Å². The van der Waals surface area contributed by atoms with Gasteiger partial charge in [-0.25, -0.2) is 10.2 Å². The molecule has 1 aromatic heterocycles. The summed E-state index contributed by atoms with van der Waals surface area (Å²) >= 11 is 1.14. The van der Waals surface area contributed by atoms with E-state index in [1.807, 2.05) is 0 Å². The summed E-state index contributed by atoms with van der Waals surface area (Å²) in [7, 11) is 0. The molecule has 0 aliphatic carbocycles. The van der Waals surface area contributed by atoms with Crippen molar-refractivity contribution in [2.45, 2.75) is 6.61 Å². The largest absolute Gasteiger partial charge is 0.479 e. The molecular weight excluding hydrogens is 277 g/mol. The van der Waals surface area contributed by atoms with Gasteiger partial charge in [-0.1, -0.05) is 11.3 Å². The van der Waals surface area contributed by atoms with Gasteiger partial charge in [0.2, 0.25) is 5.13 Å². The van der Waals surface area contributed by atoms with Crippen LogP contribution in [0, 0.1) is 15.9 Å². The summed E-state index contributed by atoms with van der Waals surface area (Å²) in [6.07, 6.45) is 0. The van der Waals surface area contributed by atoms with Crippen LogP contribution < -0.4 is 16.0 Å². The Morgan fingerprint density at radius 3 is 2.95 bits per heavy atom. The molecule has 2 aromatic rings. The number of benzene rings is 1. The lowest BCUT2D eigenvalue weighted by atomic mass is 10.3. The Balaban J connectivity index is 2.12. The Labute approximate surface area is 110 Å². The molecule has 0 spiro atoms. The molecule has 0 aliphatic heterocycles. The van der Waals surface area contributed by atoms with Gasteiger partial charge in [0.05, 0.1) is 11.0 Å². The maximum absolute atomic E-state index is 12.9. The summed E-state index contributed by atoms with van der Waals surface area (Å²) < 4.78 is 18.1. The fourth-order valence-electron chi connectivity index (χ4n) is 1.27. The van der Waals surface area contributed by atoms with E-state index in [4.69, 9.17) is 10.6 Å². The number of rotatable bonds is 5. The number of nitrogen functional groups attached to an aromatic ring is 1. The topological polar surface area (TPSA) is 116 Å². The first-order valence-corrected chi connectivity index (χ1v) is 5.77. The second-order valence-corrected chi connectivity index (χ2v) is 4.37. The van der Waals surface area contributed by atoms with Crippen molar-refractivity contribution in [1.82, 2.24) is 10.2 Å². The van der Waals surface area contributed by atoms with E-state index in [-0.39, 0.29) is 12.4 Å². The summed E-state index contributed by atoms with van der Waals surface area (Å²) in [5.74, 6) is 4.39. The molecule has 1 aromatic carbocycles. The monoisotopic (exact) mass is 285 g/mol. The van der Waals surface area contributed by atoms with Crippen LogP contribution >= 0.6 is 11.3 Å².